The van der Waals surface area contributed by atoms with Crippen LogP contribution in [0.2, 0.25) is 0 Å². The van der Waals surface area contributed by atoms with Gasteiger partial charge >= 0.3 is 5.97 Å². The van der Waals surface area contributed by atoms with Gasteiger partial charge in [-0.3, -0.25) is 0 Å². The number of hydrogen-bond donors (Lipinski definition) is 2. The van der Waals surface area contributed by atoms with E-state index < -0.39 is 16.2 Å². The summed E-state index contributed by atoms with van der Waals surface area (Å²) in [6.45, 7) is 1.10. The Morgan fingerprint density at radius 3 is 2.55 bits per heavy atom. The van der Waals surface area contributed by atoms with Gasteiger partial charge in [0.15, 0.2) is 5.69 Å². The highest BCUT2D eigenvalue weighted by Gasteiger charge is 2.22. The molecule has 2 heterocycles. The van der Waals surface area contributed by atoms with Crippen molar-refractivity contribution in [3.8, 4) is 0 Å². The van der Waals surface area contributed by atoms with Gasteiger partial charge in [-0.15, -0.1) is 11.3 Å². The summed E-state index contributed by atoms with van der Waals surface area (Å²) in [7, 11) is -3.51. The topological polar surface area (TPSA) is 99.6 Å². The van der Waals surface area contributed by atoms with Crippen LogP contribution in [0.3, 0.4) is 0 Å². The van der Waals surface area contributed by atoms with Crippen molar-refractivity contribution in [3.05, 3.63) is 16.1 Å². The number of nitrogens with one attached hydrogen (secondary N) is 1. The predicted molar refractivity (Wildman–Crippen MR) is 74.9 cm³/mol. The molecule has 0 aromatic carbocycles. The van der Waals surface area contributed by atoms with Crippen LogP contribution in [-0.4, -0.2) is 41.9 Å². The first kappa shape index (κ1) is 15.4. The van der Waals surface area contributed by atoms with Crippen LogP contribution < -0.4 is 4.72 Å². The quantitative estimate of drug-likeness (QED) is 0.845. The number of thiazole rings is 1. The van der Waals surface area contributed by atoms with Crippen molar-refractivity contribution in [2.45, 2.75) is 32.2 Å². The molecule has 0 spiro atoms. The summed E-state index contributed by atoms with van der Waals surface area (Å²) in [6, 6.07) is 0. The van der Waals surface area contributed by atoms with Crippen LogP contribution in [-0.2, 0) is 16.8 Å². The molecule has 0 radical (unpaired) electrons. The molecule has 112 valence electrons. The molecule has 20 heavy (non-hydrogen) atoms. The van der Waals surface area contributed by atoms with E-state index in [0.717, 1.165) is 37.0 Å². The van der Waals surface area contributed by atoms with Crippen molar-refractivity contribution in [1.29, 1.82) is 0 Å². The lowest BCUT2D eigenvalue weighted by atomic mass is 10.2. The lowest BCUT2D eigenvalue weighted by Gasteiger charge is -2.19. The summed E-state index contributed by atoms with van der Waals surface area (Å²) < 4.78 is 28.2. The van der Waals surface area contributed by atoms with E-state index >= 15 is 0 Å². The van der Waals surface area contributed by atoms with Gasteiger partial charge in [-0.1, -0.05) is 12.8 Å². The molecular formula is C11H17N3O4S2. The molecule has 1 aliphatic heterocycles. The molecule has 1 aromatic rings. The largest absolute Gasteiger partial charge is 0.476 e. The van der Waals surface area contributed by atoms with Crippen molar-refractivity contribution in [3.63, 3.8) is 0 Å². The molecular weight excluding hydrogens is 302 g/mol. The second kappa shape index (κ2) is 6.61. The van der Waals surface area contributed by atoms with E-state index in [9.17, 15) is 13.2 Å². The molecule has 1 aliphatic rings. The van der Waals surface area contributed by atoms with E-state index in [1.165, 1.54) is 9.69 Å². The minimum atomic E-state index is -3.51. The van der Waals surface area contributed by atoms with Crippen LogP contribution in [0.5, 0.6) is 0 Å². The molecule has 1 fully saturated rings. The lowest BCUT2D eigenvalue weighted by Crippen LogP contribution is -2.40. The smallest absolute Gasteiger partial charge is 0.355 e. The lowest BCUT2D eigenvalue weighted by molar-refractivity contribution is 0.0691. The van der Waals surface area contributed by atoms with Crippen molar-refractivity contribution in [2.24, 2.45) is 0 Å². The normalized spacial score (nSPS) is 17.8. The van der Waals surface area contributed by atoms with Crippen LogP contribution in [0.4, 0.5) is 0 Å². The standard InChI is InChI=1S/C11H17N3O4S2/c15-11(16)9-8-19-10(13-9)7-12-20(17,18)14-5-3-1-2-4-6-14/h8,12H,1-7H2,(H,15,16). The second-order valence-electron chi connectivity index (χ2n) is 4.57. The minimum Gasteiger partial charge on any atom is -0.476 e. The fourth-order valence-electron chi connectivity index (χ4n) is 2.02. The number of aromatic carboxylic acids is 1. The Hall–Kier alpha value is -1.03. The molecule has 0 atom stereocenters. The number of carboxylic acids is 1. The molecule has 9 heteroatoms. The molecule has 0 bridgehead atoms. The van der Waals surface area contributed by atoms with Gasteiger partial charge in [0.2, 0.25) is 0 Å². The molecule has 2 rings (SSSR count). The van der Waals surface area contributed by atoms with Crippen LogP contribution >= 0.6 is 11.3 Å². The summed E-state index contributed by atoms with van der Waals surface area (Å²) in [5, 5.41) is 10.6. The third-order valence-corrected chi connectivity index (χ3v) is 5.48. The minimum absolute atomic E-state index is 0.0246. The number of nitrogens with zero attached hydrogens (tertiary/aromatic N) is 2. The summed E-state index contributed by atoms with van der Waals surface area (Å²) in [6.07, 6.45) is 3.86. The Morgan fingerprint density at radius 2 is 2.00 bits per heavy atom. The van der Waals surface area contributed by atoms with E-state index in [4.69, 9.17) is 5.11 Å². The van der Waals surface area contributed by atoms with Crippen LogP contribution in [0.25, 0.3) is 0 Å². The first-order valence-electron chi connectivity index (χ1n) is 6.41. The van der Waals surface area contributed by atoms with Gasteiger partial charge in [-0.25, -0.2) is 9.78 Å². The van der Waals surface area contributed by atoms with Crippen LogP contribution in [0.15, 0.2) is 5.38 Å². The average molecular weight is 319 g/mol. The number of carbonyl (C=O) groups is 1. The van der Waals surface area contributed by atoms with E-state index in [2.05, 4.69) is 9.71 Å². The Bertz CT molecular complexity index is 562. The fourth-order valence-corrected chi connectivity index (χ4v) is 4.06. The Balaban J connectivity index is 1.95. The summed E-state index contributed by atoms with van der Waals surface area (Å²) in [5.41, 5.74) is -0.0565. The average Bonchev–Trinajstić information content (AvgIpc) is 2.70. The molecule has 7 nitrogen and oxygen atoms in total. The number of hydrogen-bond acceptors (Lipinski definition) is 5. The van der Waals surface area contributed by atoms with Crippen LogP contribution in [0, 0.1) is 0 Å². The van der Waals surface area contributed by atoms with Gasteiger partial charge in [0.1, 0.15) is 5.01 Å². The number of aromatic nitrogens is 1. The fraction of sp³-hybridized carbons (Fsp3) is 0.636. The molecule has 2 N–H and O–H groups in total. The van der Waals surface area contributed by atoms with Crippen molar-refractivity contribution >= 4 is 27.5 Å². The van der Waals surface area contributed by atoms with Crippen molar-refractivity contribution in [1.82, 2.24) is 14.0 Å². The van der Waals surface area contributed by atoms with Gasteiger partial charge < -0.3 is 5.11 Å². The molecule has 1 aromatic heterocycles. The van der Waals surface area contributed by atoms with Crippen LogP contribution in [0.1, 0.15) is 41.2 Å². The zero-order chi connectivity index (χ0) is 14.6. The Morgan fingerprint density at radius 1 is 1.35 bits per heavy atom. The van der Waals surface area contributed by atoms with Crippen molar-refractivity contribution in [2.75, 3.05) is 13.1 Å². The van der Waals surface area contributed by atoms with Gasteiger partial charge in [-0.05, 0) is 12.8 Å². The SMILES string of the molecule is O=C(O)c1csc(CNS(=O)(=O)N2CCCCCC2)n1. The Labute approximate surface area is 121 Å². The molecule has 1 saturated heterocycles. The zero-order valence-electron chi connectivity index (χ0n) is 10.9. The predicted octanol–water partition coefficient (Wildman–Crippen LogP) is 1.05. The molecule has 0 aliphatic carbocycles. The highest BCUT2D eigenvalue weighted by atomic mass is 32.2. The highest BCUT2D eigenvalue weighted by Crippen LogP contribution is 2.14. The van der Waals surface area contributed by atoms with Gasteiger partial charge in [-0.2, -0.15) is 17.4 Å². The maximum Gasteiger partial charge on any atom is 0.355 e. The molecule has 0 amide bonds. The van der Waals surface area contributed by atoms with E-state index in [-0.39, 0.29) is 12.2 Å². The maximum absolute atomic E-state index is 12.1. The number of carboxylic acid groups (broad SMARTS) is 1. The van der Waals surface area contributed by atoms with E-state index in [0.29, 0.717) is 18.1 Å². The second-order valence-corrected chi connectivity index (χ2v) is 7.27. The third kappa shape index (κ3) is 3.98. The van der Waals surface area contributed by atoms with E-state index in [1.807, 2.05) is 0 Å². The van der Waals surface area contributed by atoms with Gasteiger partial charge in [0, 0.05) is 18.5 Å². The van der Waals surface area contributed by atoms with E-state index in [1.54, 1.807) is 0 Å². The third-order valence-electron chi connectivity index (χ3n) is 3.08. The van der Waals surface area contributed by atoms with Crippen molar-refractivity contribution < 1.29 is 18.3 Å². The zero-order valence-corrected chi connectivity index (χ0v) is 12.5. The Kier molecular flexibility index (Phi) is 5.08. The monoisotopic (exact) mass is 319 g/mol. The van der Waals surface area contributed by atoms with Gasteiger partial charge in [0.05, 0.1) is 6.54 Å². The molecule has 0 saturated carbocycles. The molecule has 0 unspecified atom stereocenters. The summed E-state index contributed by atoms with van der Waals surface area (Å²) in [5.74, 6) is -1.11. The maximum atomic E-state index is 12.1. The first-order chi connectivity index (χ1) is 9.49. The van der Waals surface area contributed by atoms with Gasteiger partial charge in [0.25, 0.3) is 10.2 Å². The summed E-state index contributed by atoms with van der Waals surface area (Å²) >= 11 is 1.13. The summed E-state index contributed by atoms with van der Waals surface area (Å²) in [4.78, 5) is 14.5. The highest BCUT2D eigenvalue weighted by molar-refractivity contribution is 7.87. The first-order valence-corrected chi connectivity index (χ1v) is 8.73. The number of rotatable bonds is 5.